The van der Waals surface area contributed by atoms with E-state index in [4.69, 9.17) is 16.3 Å². The van der Waals surface area contributed by atoms with Crippen molar-refractivity contribution in [3.63, 3.8) is 0 Å². The Morgan fingerprint density at radius 3 is 2.78 bits per heavy atom. The second-order valence-electron chi connectivity index (χ2n) is 4.56. The van der Waals surface area contributed by atoms with Crippen molar-refractivity contribution in [2.75, 3.05) is 0 Å². The number of ether oxygens (including phenoxy) is 1. The minimum absolute atomic E-state index is 0.115. The summed E-state index contributed by atoms with van der Waals surface area (Å²) < 4.78 is 6.95. The van der Waals surface area contributed by atoms with Gasteiger partial charge in [0.05, 0.1) is 6.20 Å². The Morgan fingerprint density at radius 2 is 2.17 bits per heavy atom. The Morgan fingerprint density at radius 1 is 1.50 bits per heavy atom. The normalized spacial score (nSPS) is 11.8. The van der Waals surface area contributed by atoms with Gasteiger partial charge in [-0.15, -0.1) is 0 Å². The van der Waals surface area contributed by atoms with Crippen molar-refractivity contribution < 1.29 is 9.53 Å². The summed E-state index contributed by atoms with van der Waals surface area (Å²) in [5.41, 5.74) is 0.410. The third-order valence-corrected chi connectivity index (χ3v) is 2.83. The van der Waals surface area contributed by atoms with Crippen molar-refractivity contribution in [1.29, 1.82) is 0 Å². The number of rotatable bonds is 0. The highest BCUT2D eigenvalue weighted by molar-refractivity contribution is 14.1. The van der Waals surface area contributed by atoms with Gasteiger partial charge in [0.25, 0.3) is 0 Å². The van der Waals surface area contributed by atoms with Crippen LogP contribution in [0.15, 0.2) is 6.20 Å². The molecule has 0 N–H and O–H groups in total. The highest BCUT2D eigenvalue weighted by atomic mass is 127. The summed E-state index contributed by atoms with van der Waals surface area (Å²) in [5, 5.41) is 4.20. The van der Waals surface area contributed by atoms with Gasteiger partial charge in [-0.3, -0.25) is 0 Å². The third kappa shape index (κ3) is 2.72. The maximum Gasteiger partial charge on any atom is 0.435 e. The fourth-order valence-electron chi connectivity index (χ4n) is 1.29. The lowest BCUT2D eigenvalue weighted by Gasteiger charge is -2.18. The molecule has 0 spiro atoms. The first kappa shape index (κ1) is 13.5. The minimum Gasteiger partial charge on any atom is -0.442 e. The van der Waals surface area contributed by atoms with Gasteiger partial charge in [0.2, 0.25) is 5.28 Å². The van der Waals surface area contributed by atoms with Crippen molar-refractivity contribution in [3.05, 3.63) is 15.2 Å². The third-order valence-electron chi connectivity index (χ3n) is 1.92. The van der Waals surface area contributed by atoms with Crippen LogP contribution in [-0.4, -0.2) is 31.4 Å². The van der Waals surface area contributed by atoms with Gasteiger partial charge in [0.1, 0.15) is 20.3 Å². The van der Waals surface area contributed by atoms with E-state index in [1.165, 1.54) is 6.20 Å². The molecule has 18 heavy (non-hydrogen) atoms. The molecule has 0 aromatic carbocycles. The molecule has 0 aliphatic rings. The zero-order valence-corrected chi connectivity index (χ0v) is 12.9. The summed E-state index contributed by atoms with van der Waals surface area (Å²) in [6.45, 7) is 5.36. The van der Waals surface area contributed by atoms with Crippen molar-refractivity contribution in [2.24, 2.45) is 0 Å². The molecule has 0 radical (unpaired) electrons. The van der Waals surface area contributed by atoms with Crippen LogP contribution < -0.4 is 0 Å². The summed E-state index contributed by atoms with van der Waals surface area (Å²) in [7, 11) is 0. The van der Waals surface area contributed by atoms with E-state index in [0.29, 0.717) is 14.7 Å². The largest absolute Gasteiger partial charge is 0.442 e. The number of fused-ring (bicyclic) bond motifs is 1. The minimum atomic E-state index is -0.589. The zero-order valence-electron chi connectivity index (χ0n) is 9.94. The molecule has 0 bridgehead atoms. The molecule has 2 heterocycles. The summed E-state index contributed by atoms with van der Waals surface area (Å²) in [4.78, 5) is 19.8. The molecule has 0 aliphatic heterocycles. The van der Waals surface area contributed by atoms with Crippen LogP contribution in [0.25, 0.3) is 11.0 Å². The van der Waals surface area contributed by atoms with Crippen LogP contribution in [0.3, 0.4) is 0 Å². The molecular formula is C10H10ClIN4O2. The van der Waals surface area contributed by atoms with E-state index in [9.17, 15) is 4.79 Å². The molecule has 0 fully saturated rings. The molecule has 0 saturated heterocycles. The number of hydrogen-bond acceptors (Lipinski definition) is 5. The Bertz CT molecular complexity index is 620. The maximum atomic E-state index is 12.0. The first-order chi connectivity index (χ1) is 8.28. The first-order valence-electron chi connectivity index (χ1n) is 5.08. The van der Waals surface area contributed by atoms with Crippen LogP contribution in [0.5, 0.6) is 0 Å². The van der Waals surface area contributed by atoms with E-state index in [-0.39, 0.29) is 5.28 Å². The molecule has 2 aromatic heterocycles. The van der Waals surface area contributed by atoms with Gasteiger partial charge in [-0.05, 0) is 55.0 Å². The number of carbonyl (C=O) groups is 1. The molecule has 8 heteroatoms. The number of hydrogen-bond donors (Lipinski definition) is 0. The standard InChI is InChI=1S/C10H10ClIN4O2/c1-10(2,3)18-9(17)16-5-4-13-8(11)14-6(5)7(12)15-16/h4H,1-3H3. The van der Waals surface area contributed by atoms with Gasteiger partial charge in [0.15, 0.2) is 0 Å². The molecule has 0 unspecified atom stereocenters. The molecular weight excluding hydrogens is 370 g/mol. The average Bonchev–Trinajstić information content (AvgIpc) is 2.54. The van der Waals surface area contributed by atoms with E-state index >= 15 is 0 Å². The number of aromatic nitrogens is 4. The molecule has 6 nitrogen and oxygen atoms in total. The lowest BCUT2D eigenvalue weighted by molar-refractivity contribution is 0.0522. The van der Waals surface area contributed by atoms with E-state index < -0.39 is 11.7 Å². The van der Waals surface area contributed by atoms with Crippen molar-refractivity contribution >= 4 is 51.3 Å². The summed E-state index contributed by atoms with van der Waals surface area (Å²) >= 11 is 7.68. The quantitative estimate of drug-likeness (QED) is 0.519. The topological polar surface area (TPSA) is 69.9 Å². The second kappa shape index (κ2) is 4.61. The maximum absolute atomic E-state index is 12.0. The predicted molar refractivity (Wildman–Crippen MR) is 74.7 cm³/mol. The lowest BCUT2D eigenvalue weighted by atomic mass is 10.2. The molecule has 0 atom stereocenters. The lowest BCUT2D eigenvalue weighted by Crippen LogP contribution is -2.27. The van der Waals surface area contributed by atoms with Crippen molar-refractivity contribution in [2.45, 2.75) is 26.4 Å². The van der Waals surface area contributed by atoms with E-state index in [0.717, 1.165) is 4.68 Å². The van der Waals surface area contributed by atoms with Crippen LogP contribution in [0.1, 0.15) is 20.8 Å². The number of nitrogens with zero attached hydrogens (tertiary/aromatic N) is 4. The summed E-state index contributed by atoms with van der Waals surface area (Å²) in [5.74, 6) is 0. The van der Waals surface area contributed by atoms with E-state index in [2.05, 4.69) is 15.1 Å². The monoisotopic (exact) mass is 380 g/mol. The van der Waals surface area contributed by atoms with Gasteiger partial charge in [-0.2, -0.15) is 9.78 Å². The van der Waals surface area contributed by atoms with Crippen LogP contribution in [0.4, 0.5) is 4.79 Å². The van der Waals surface area contributed by atoms with Gasteiger partial charge in [-0.1, -0.05) is 0 Å². The molecule has 0 aliphatic carbocycles. The highest BCUT2D eigenvalue weighted by Crippen LogP contribution is 2.20. The Hall–Kier alpha value is -0.960. The second-order valence-corrected chi connectivity index (χ2v) is 5.92. The Labute approximate surface area is 122 Å². The van der Waals surface area contributed by atoms with Gasteiger partial charge in [-0.25, -0.2) is 14.8 Å². The van der Waals surface area contributed by atoms with Crippen LogP contribution in [0.2, 0.25) is 5.28 Å². The summed E-state index contributed by atoms with van der Waals surface area (Å²) in [6.07, 6.45) is 0.880. The average molecular weight is 381 g/mol. The fraction of sp³-hybridized carbons (Fsp3) is 0.400. The van der Waals surface area contributed by atoms with Gasteiger partial charge < -0.3 is 4.74 Å². The van der Waals surface area contributed by atoms with Gasteiger partial charge in [0, 0.05) is 0 Å². The SMILES string of the molecule is CC(C)(C)OC(=O)n1nc(I)c2nc(Cl)ncc21. The Kier molecular flexibility index (Phi) is 3.45. The smallest absolute Gasteiger partial charge is 0.435 e. The highest BCUT2D eigenvalue weighted by Gasteiger charge is 2.22. The zero-order chi connectivity index (χ0) is 13.5. The van der Waals surface area contributed by atoms with Crippen molar-refractivity contribution in [1.82, 2.24) is 19.7 Å². The molecule has 0 amide bonds. The first-order valence-corrected chi connectivity index (χ1v) is 6.54. The van der Waals surface area contributed by atoms with E-state index in [1.54, 1.807) is 20.8 Å². The number of carbonyl (C=O) groups excluding carboxylic acids is 1. The fourth-order valence-corrected chi connectivity index (χ4v) is 2.04. The van der Waals surface area contributed by atoms with Crippen LogP contribution >= 0.6 is 34.2 Å². The van der Waals surface area contributed by atoms with Crippen LogP contribution in [0, 0.1) is 3.70 Å². The molecule has 2 rings (SSSR count). The van der Waals surface area contributed by atoms with E-state index in [1.807, 2.05) is 22.6 Å². The molecule has 0 saturated carbocycles. The molecule has 96 valence electrons. The van der Waals surface area contributed by atoms with Crippen LogP contribution in [-0.2, 0) is 4.74 Å². The Balaban J connectivity index is 2.49. The molecule has 2 aromatic rings. The predicted octanol–water partition coefficient (Wildman–Crippen LogP) is 2.87. The summed E-state index contributed by atoms with van der Waals surface area (Å²) in [6, 6.07) is 0. The van der Waals surface area contributed by atoms with Gasteiger partial charge >= 0.3 is 6.09 Å². The van der Waals surface area contributed by atoms with Crippen molar-refractivity contribution in [3.8, 4) is 0 Å². The number of halogens is 2.